The number of methoxy groups -OCH3 is 1. The largest absolute Gasteiger partial charge is 0.494 e. The fourth-order valence-corrected chi connectivity index (χ4v) is 2.97. The van der Waals surface area contributed by atoms with Crippen LogP contribution < -0.4 is 10.1 Å². The molecule has 0 saturated heterocycles. The lowest BCUT2D eigenvalue weighted by Gasteiger charge is -2.24. The molecule has 0 radical (unpaired) electrons. The van der Waals surface area contributed by atoms with Crippen molar-refractivity contribution < 1.29 is 22.7 Å². The van der Waals surface area contributed by atoms with Gasteiger partial charge in [0, 0.05) is 13.6 Å². The molecule has 1 fully saturated rings. The molecular weight excluding hydrogens is 334 g/mol. The Labute approximate surface area is 141 Å². The average molecular weight is 353 g/mol. The van der Waals surface area contributed by atoms with E-state index in [0.29, 0.717) is 24.2 Å². The molecule has 9 heteroatoms. The predicted molar refractivity (Wildman–Crippen MR) is 86.8 cm³/mol. The smallest absolute Gasteiger partial charge is 0.323 e. The number of ether oxygens (including phenoxy) is 1. The maximum atomic E-state index is 12.8. The first-order valence-electron chi connectivity index (χ1n) is 7.43. The lowest BCUT2D eigenvalue weighted by Crippen LogP contribution is -2.47. The minimum Gasteiger partial charge on any atom is -0.494 e. The third-order valence-electron chi connectivity index (χ3n) is 4.08. The van der Waals surface area contributed by atoms with Crippen LogP contribution in [0.25, 0.3) is 0 Å². The molecule has 1 aromatic carbocycles. The summed E-state index contributed by atoms with van der Waals surface area (Å²) in [5.74, 6) is -0.00596. The summed E-state index contributed by atoms with van der Waals surface area (Å²) in [6.45, 7) is 1.97. The molecule has 2 rings (SSSR count). The second-order valence-electron chi connectivity index (χ2n) is 5.38. The van der Waals surface area contributed by atoms with Crippen LogP contribution in [-0.2, 0) is 20.7 Å². The van der Waals surface area contributed by atoms with Crippen molar-refractivity contribution in [2.75, 3.05) is 20.7 Å². The SMILES string of the molecule is CCN(C(=O)NC)C(=O)C1(c2ccc(OC)c(N=S(=O)=O)c2)CC1. The van der Waals surface area contributed by atoms with Crippen molar-refractivity contribution in [2.24, 2.45) is 4.36 Å². The Morgan fingerprint density at radius 1 is 1.38 bits per heavy atom. The van der Waals surface area contributed by atoms with Gasteiger partial charge in [-0.05, 0) is 37.5 Å². The van der Waals surface area contributed by atoms with E-state index in [1.807, 2.05) is 0 Å². The van der Waals surface area contributed by atoms with Gasteiger partial charge in [0.2, 0.25) is 5.91 Å². The van der Waals surface area contributed by atoms with Crippen molar-refractivity contribution in [1.82, 2.24) is 10.2 Å². The zero-order chi connectivity index (χ0) is 17.9. The second-order valence-corrected chi connectivity index (χ2v) is 6.00. The van der Waals surface area contributed by atoms with Crippen LogP contribution in [-0.4, -0.2) is 46.0 Å². The first-order chi connectivity index (χ1) is 11.4. The van der Waals surface area contributed by atoms with Crippen molar-refractivity contribution in [3.63, 3.8) is 0 Å². The Bertz CT molecular complexity index is 791. The maximum Gasteiger partial charge on any atom is 0.323 e. The van der Waals surface area contributed by atoms with E-state index >= 15 is 0 Å². The lowest BCUT2D eigenvalue weighted by molar-refractivity contribution is -0.130. The van der Waals surface area contributed by atoms with Gasteiger partial charge in [-0.25, -0.2) is 4.79 Å². The summed E-state index contributed by atoms with van der Waals surface area (Å²) in [4.78, 5) is 25.9. The van der Waals surface area contributed by atoms with Crippen molar-refractivity contribution in [2.45, 2.75) is 25.2 Å². The van der Waals surface area contributed by atoms with Gasteiger partial charge >= 0.3 is 16.5 Å². The lowest BCUT2D eigenvalue weighted by atomic mass is 9.93. The van der Waals surface area contributed by atoms with Gasteiger partial charge in [0.15, 0.2) is 0 Å². The standard InChI is InChI=1S/C15H19N3O5S/c1-4-18(14(20)16-2)13(19)15(7-8-15)10-5-6-12(23-3)11(9-10)17-24(21)22/h5-6,9H,4,7-8H2,1-3H3,(H,16,20). The van der Waals surface area contributed by atoms with Crippen LogP contribution in [0.15, 0.2) is 22.6 Å². The van der Waals surface area contributed by atoms with Crippen molar-refractivity contribution in [3.8, 4) is 5.75 Å². The van der Waals surface area contributed by atoms with Gasteiger partial charge in [-0.3, -0.25) is 9.69 Å². The summed E-state index contributed by atoms with van der Waals surface area (Å²) in [5.41, 5.74) is -0.0612. The van der Waals surface area contributed by atoms with E-state index in [-0.39, 0.29) is 18.1 Å². The molecule has 3 amide bonds. The number of likely N-dealkylation sites (N-methyl/N-ethyl adjacent to an activating group) is 1. The quantitative estimate of drug-likeness (QED) is 0.866. The van der Waals surface area contributed by atoms with E-state index in [1.165, 1.54) is 20.2 Å². The van der Waals surface area contributed by atoms with Gasteiger partial charge < -0.3 is 10.1 Å². The van der Waals surface area contributed by atoms with Crippen LogP contribution >= 0.6 is 0 Å². The molecule has 0 bridgehead atoms. The summed E-state index contributed by atoms with van der Waals surface area (Å²) in [6, 6.07) is 4.34. The van der Waals surface area contributed by atoms with E-state index in [1.54, 1.807) is 19.1 Å². The van der Waals surface area contributed by atoms with Gasteiger partial charge in [0.05, 0.1) is 12.5 Å². The normalized spacial score (nSPS) is 14.5. The summed E-state index contributed by atoms with van der Waals surface area (Å²) in [5, 5.41) is 2.45. The molecule has 24 heavy (non-hydrogen) atoms. The van der Waals surface area contributed by atoms with Crippen molar-refractivity contribution >= 4 is 28.1 Å². The molecule has 0 aliphatic heterocycles. The molecule has 0 atom stereocenters. The fourth-order valence-electron chi connectivity index (χ4n) is 2.66. The zero-order valence-electron chi connectivity index (χ0n) is 13.7. The van der Waals surface area contributed by atoms with Crippen molar-refractivity contribution in [3.05, 3.63) is 23.8 Å². The summed E-state index contributed by atoms with van der Waals surface area (Å²) >= 11 is 0. The average Bonchev–Trinajstić information content (AvgIpc) is 3.36. The van der Waals surface area contributed by atoms with E-state index in [4.69, 9.17) is 4.74 Å². The summed E-state index contributed by atoms with van der Waals surface area (Å²) in [6.07, 6.45) is 1.18. The van der Waals surface area contributed by atoms with Crippen LogP contribution in [0.3, 0.4) is 0 Å². The van der Waals surface area contributed by atoms with Crippen LogP contribution in [0.1, 0.15) is 25.3 Å². The summed E-state index contributed by atoms with van der Waals surface area (Å²) in [7, 11) is 0.234. The molecule has 0 heterocycles. The number of rotatable bonds is 5. The van der Waals surface area contributed by atoms with E-state index in [9.17, 15) is 18.0 Å². The van der Waals surface area contributed by atoms with Gasteiger partial charge in [0.1, 0.15) is 11.4 Å². The number of carbonyl (C=O) groups excluding carboxylic acids is 2. The highest BCUT2D eigenvalue weighted by atomic mass is 32.2. The van der Waals surface area contributed by atoms with Crippen LogP contribution in [0.2, 0.25) is 0 Å². The van der Waals surface area contributed by atoms with Gasteiger partial charge in [-0.15, -0.1) is 4.36 Å². The highest BCUT2D eigenvalue weighted by Crippen LogP contribution is 2.51. The Kier molecular flexibility index (Phi) is 5.23. The van der Waals surface area contributed by atoms with Gasteiger partial charge in [-0.1, -0.05) is 6.07 Å². The number of nitrogens with one attached hydrogen (secondary N) is 1. The Morgan fingerprint density at radius 2 is 2.04 bits per heavy atom. The second kappa shape index (κ2) is 7.00. The molecule has 0 spiro atoms. The molecule has 0 unspecified atom stereocenters. The minimum atomic E-state index is -2.64. The third-order valence-corrected chi connectivity index (χ3v) is 4.43. The molecule has 1 aromatic rings. The predicted octanol–water partition coefficient (Wildman–Crippen LogP) is 1.61. The number of hydrogen-bond acceptors (Lipinski definition) is 6. The number of nitrogens with zero attached hydrogens (tertiary/aromatic N) is 2. The third kappa shape index (κ3) is 3.25. The molecule has 8 nitrogen and oxygen atoms in total. The topological polar surface area (TPSA) is 105 Å². The molecule has 130 valence electrons. The molecular formula is C15H19N3O5S. The number of urea groups is 1. The Morgan fingerprint density at radius 3 is 2.50 bits per heavy atom. The number of hydrogen-bond donors (Lipinski definition) is 1. The number of amides is 3. The first-order valence-corrected chi connectivity index (χ1v) is 8.46. The summed E-state index contributed by atoms with van der Waals surface area (Å²) < 4.78 is 30.3. The van der Waals surface area contributed by atoms with E-state index in [0.717, 1.165) is 4.90 Å². The minimum absolute atomic E-state index is 0.130. The monoisotopic (exact) mass is 353 g/mol. The highest BCUT2D eigenvalue weighted by molar-refractivity contribution is 7.61. The number of benzene rings is 1. The van der Waals surface area contributed by atoms with E-state index in [2.05, 4.69) is 9.68 Å². The Hall–Kier alpha value is -2.42. The highest BCUT2D eigenvalue weighted by Gasteiger charge is 2.54. The number of imide groups is 1. The molecule has 1 aliphatic carbocycles. The van der Waals surface area contributed by atoms with Crippen LogP contribution in [0.5, 0.6) is 5.75 Å². The number of carbonyl (C=O) groups is 2. The molecule has 1 N–H and O–H groups in total. The van der Waals surface area contributed by atoms with E-state index < -0.39 is 21.9 Å². The van der Waals surface area contributed by atoms with Crippen LogP contribution in [0.4, 0.5) is 10.5 Å². The van der Waals surface area contributed by atoms with Gasteiger partial charge in [-0.2, -0.15) is 8.42 Å². The Balaban J connectivity index is 2.45. The van der Waals surface area contributed by atoms with Crippen molar-refractivity contribution in [1.29, 1.82) is 0 Å². The first kappa shape index (κ1) is 17.9. The molecule has 0 aromatic heterocycles. The van der Waals surface area contributed by atoms with Crippen LogP contribution in [0, 0.1) is 0 Å². The maximum absolute atomic E-state index is 12.8. The zero-order valence-corrected chi connectivity index (χ0v) is 14.5. The molecule has 1 aliphatic rings. The molecule has 1 saturated carbocycles. The fraction of sp³-hybridized carbons (Fsp3) is 0.467. The van der Waals surface area contributed by atoms with Gasteiger partial charge in [0.25, 0.3) is 0 Å².